The number of pyridine rings is 1. The minimum absolute atomic E-state index is 0.00115. The molecule has 0 radical (unpaired) electrons. The summed E-state index contributed by atoms with van der Waals surface area (Å²) >= 11 is 1.46. The van der Waals surface area contributed by atoms with Crippen molar-refractivity contribution in [3.63, 3.8) is 0 Å². The van der Waals surface area contributed by atoms with Crippen LogP contribution in [0.2, 0.25) is 0 Å². The van der Waals surface area contributed by atoms with E-state index in [1.54, 1.807) is 42.6 Å². The van der Waals surface area contributed by atoms with Gasteiger partial charge in [-0.2, -0.15) is 0 Å². The maximum Gasteiger partial charge on any atom is 0.274 e. The summed E-state index contributed by atoms with van der Waals surface area (Å²) in [5.41, 5.74) is 2.12. The molecule has 0 saturated carbocycles. The van der Waals surface area contributed by atoms with E-state index in [1.165, 1.54) is 17.4 Å². The Morgan fingerprint density at radius 1 is 0.931 bits per heavy atom. The van der Waals surface area contributed by atoms with Crippen molar-refractivity contribution in [1.82, 2.24) is 4.98 Å². The average Bonchev–Trinajstić information content (AvgIpc) is 2.90. The first-order chi connectivity index (χ1) is 14.1. The summed E-state index contributed by atoms with van der Waals surface area (Å²) in [5, 5.41) is 16.2. The third-order valence-electron chi connectivity index (χ3n) is 4.93. The molecule has 1 aliphatic rings. The molecule has 2 amide bonds. The highest BCUT2D eigenvalue weighted by molar-refractivity contribution is 7.17. The van der Waals surface area contributed by atoms with Crippen LogP contribution in [0.4, 0.5) is 10.7 Å². The van der Waals surface area contributed by atoms with Crippen LogP contribution in [0, 0.1) is 0 Å². The van der Waals surface area contributed by atoms with Crippen molar-refractivity contribution in [1.29, 1.82) is 0 Å². The number of phenolic OH excluding ortho intramolecular Hbond substituents is 1. The molecule has 0 spiro atoms. The van der Waals surface area contributed by atoms with Crippen molar-refractivity contribution < 1.29 is 14.7 Å². The maximum atomic E-state index is 13.2. The van der Waals surface area contributed by atoms with Gasteiger partial charge in [-0.25, -0.2) is 0 Å². The smallest absolute Gasteiger partial charge is 0.274 e. The average molecular weight is 407 g/mol. The van der Waals surface area contributed by atoms with Gasteiger partial charge in [0.05, 0.1) is 11.3 Å². The first-order valence-electron chi connectivity index (χ1n) is 9.60. The van der Waals surface area contributed by atoms with Crippen LogP contribution >= 0.6 is 11.3 Å². The third kappa shape index (κ3) is 4.14. The number of aromatic nitrogens is 1. The molecule has 2 heterocycles. The lowest BCUT2D eigenvalue weighted by Gasteiger charge is -2.11. The third-order valence-corrected chi connectivity index (χ3v) is 6.13. The molecule has 0 unspecified atom stereocenters. The fraction of sp³-hybridized carbons (Fsp3) is 0.227. The molecule has 0 fully saturated rings. The monoisotopic (exact) mass is 407 g/mol. The highest BCUT2D eigenvalue weighted by atomic mass is 32.1. The zero-order valence-corrected chi connectivity index (χ0v) is 16.6. The number of amides is 2. The van der Waals surface area contributed by atoms with Crippen molar-refractivity contribution in [3.05, 3.63) is 70.4 Å². The highest BCUT2D eigenvalue weighted by Crippen LogP contribution is 2.38. The Morgan fingerprint density at radius 3 is 2.52 bits per heavy atom. The van der Waals surface area contributed by atoms with Gasteiger partial charge in [0.25, 0.3) is 11.8 Å². The van der Waals surface area contributed by atoms with Gasteiger partial charge in [0.1, 0.15) is 16.4 Å². The molecule has 4 rings (SSSR count). The van der Waals surface area contributed by atoms with E-state index in [1.807, 2.05) is 0 Å². The number of phenols is 1. The number of carbonyl (C=O) groups is 2. The first kappa shape index (κ1) is 19.1. The van der Waals surface area contributed by atoms with Crippen LogP contribution in [-0.4, -0.2) is 21.9 Å². The summed E-state index contributed by atoms with van der Waals surface area (Å²) in [5.74, 6) is -0.679. The molecule has 148 valence electrons. The van der Waals surface area contributed by atoms with Crippen LogP contribution in [-0.2, 0) is 12.8 Å². The first-order valence-corrected chi connectivity index (χ1v) is 10.4. The summed E-state index contributed by atoms with van der Waals surface area (Å²) in [7, 11) is 0. The second-order valence-corrected chi connectivity index (χ2v) is 8.01. The molecular formula is C22H21N3O3S. The molecule has 1 aromatic carbocycles. The normalized spacial score (nSPS) is 13.2. The van der Waals surface area contributed by atoms with Gasteiger partial charge in [-0.3, -0.25) is 14.6 Å². The lowest BCUT2D eigenvalue weighted by Crippen LogP contribution is -2.18. The van der Waals surface area contributed by atoms with Crippen molar-refractivity contribution in [2.45, 2.75) is 32.1 Å². The Morgan fingerprint density at radius 2 is 1.72 bits per heavy atom. The molecular weight excluding hydrogens is 386 g/mol. The van der Waals surface area contributed by atoms with Gasteiger partial charge in [-0.15, -0.1) is 11.3 Å². The molecule has 0 saturated heterocycles. The minimum Gasteiger partial charge on any atom is -0.506 e. The molecule has 3 N–H and O–H groups in total. The number of aromatic hydroxyl groups is 1. The Hall–Kier alpha value is -3.19. The molecule has 7 heteroatoms. The number of hydrogen-bond donors (Lipinski definition) is 3. The number of benzene rings is 1. The Kier molecular flexibility index (Phi) is 5.57. The van der Waals surface area contributed by atoms with Gasteiger partial charge >= 0.3 is 0 Å². The molecule has 1 aliphatic carbocycles. The number of nitrogens with one attached hydrogen (secondary N) is 2. The second-order valence-electron chi connectivity index (χ2n) is 6.91. The molecule has 0 aliphatic heterocycles. The highest BCUT2D eigenvalue weighted by Gasteiger charge is 2.26. The number of thiophene rings is 1. The van der Waals surface area contributed by atoms with E-state index in [4.69, 9.17) is 0 Å². The number of hydrogen-bond acceptors (Lipinski definition) is 5. The molecule has 3 aromatic rings. The van der Waals surface area contributed by atoms with Crippen LogP contribution in [0.15, 0.2) is 48.7 Å². The summed E-state index contributed by atoms with van der Waals surface area (Å²) in [6, 6.07) is 11.7. The fourth-order valence-electron chi connectivity index (χ4n) is 3.50. The predicted molar refractivity (Wildman–Crippen MR) is 114 cm³/mol. The summed E-state index contributed by atoms with van der Waals surface area (Å²) in [6.07, 6.45) is 6.46. The Labute approximate surface area is 172 Å². The van der Waals surface area contributed by atoms with E-state index < -0.39 is 0 Å². The second kappa shape index (κ2) is 8.45. The Bertz CT molecular complexity index is 1050. The van der Waals surface area contributed by atoms with E-state index in [-0.39, 0.29) is 17.6 Å². The number of fused-ring (bicyclic) bond motifs is 1. The quantitative estimate of drug-likeness (QED) is 0.435. The Balaban J connectivity index is 1.68. The SMILES string of the molecule is O=C(Nc1sc2c(c1C(=O)Nc1ccccc1O)CCCCC2)c1ccccn1. The lowest BCUT2D eigenvalue weighted by molar-refractivity contribution is 0.102. The molecule has 6 nitrogen and oxygen atoms in total. The van der Waals surface area contributed by atoms with Crippen LogP contribution in [0.5, 0.6) is 5.75 Å². The van der Waals surface area contributed by atoms with Gasteiger partial charge in [0, 0.05) is 11.1 Å². The summed E-state index contributed by atoms with van der Waals surface area (Å²) < 4.78 is 0. The van der Waals surface area contributed by atoms with Gasteiger partial charge in [0.2, 0.25) is 0 Å². The zero-order chi connectivity index (χ0) is 20.2. The number of anilines is 2. The molecule has 2 aromatic heterocycles. The van der Waals surface area contributed by atoms with Crippen molar-refractivity contribution in [2.75, 3.05) is 10.6 Å². The number of para-hydroxylation sites is 2. The van der Waals surface area contributed by atoms with Crippen molar-refractivity contribution in [3.8, 4) is 5.75 Å². The van der Waals surface area contributed by atoms with E-state index in [0.29, 0.717) is 21.9 Å². The van der Waals surface area contributed by atoms with E-state index in [9.17, 15) is 14.7 Å². The van der Waals surface area contributed by atoms with Gasteiger partial charge in [-0.05, 0) is 55.5 Å². The van der Waals surface area contributed by atoms with E-state index in [2.05, 4.69) is 15.6 Å². The summed E-state index contributed by atoms with van der Waals surface area (Å²) in [4.78, 5) is 31.0. The number of rotatable bonds is 4. The van der Waals surface area contributed by atoms with Crippen LogP contribution in [0.3, 0.4) is 0 Å². The standard InChI is InChI=1S/C22H21N3O3S/c26-17-11-5-4-9-15(17)24-21(28)19-14-8-2-1-3-12-18(14)29-22(19)25-20(27)16-10-6-7-13-23-16/h4-7,9-11,13,26H,1-3,8,12H2,(H,24,28)(H,25,27). The summed E-state index contributed by atoms with van der Waals surface area (Å²) in [6.45, 7) is 0. The topological polar surface area (TPSA) is 91.3 Å². The van der Waals surface area contributed by atoms with Crippen LogP contribution in [0.1, 0.15) is 50.5 Å². The van der Waals surface area contributed by atoms with Gasteiger partial charge in [-0.1, -0.05) is 24.6 Å². The van der Waals surface area contributed by atoms with Gasteiger partial charge in [0.15, 0.2) is 0 Å². The predicted octanol–water partition coefficient (Wildman–Crippen LogP) is 4.62. The number of carbonyl (C=O) groups excluding carboxylic acids is 2. The van der Waals surface area contributed by atoms with Crippen LogP contribution in [0.25, 0.3) is 0 Å². The molecule has 29 heavy (non-hydrogen) atoms. The molecule has 0 bridgehead atoms. The number of aryl methyl sites for hydroxylation is 1. The largest absolute Gasteiger partial charge is 0.506 e. The van der Waals surface area contributed by atoms with Crippen LogP contribution < -0.4 is 10.6 Å². The fourth-order valence-corrected chi connectivity index (χ4v) is 4.78. The molecule has 0 atom stereocenters. The van der Waals surface area contributed by atoms with Crippen molar-refractivity contribution in [2.24, 2.45) is 0 Å². The van der Waals surface area contributed by atoms with E-state index >= 15 is 0 Å². The van der Waals surface area contributed by atoms with E-state index in [0.717, 1.165) is 42.5 Å². The van der Waals surface area contributed by atoms with Gasteiger partial charge < -0.3 is 15.7 Å². The minimum atomic E-state index is -0.349. The number of nitrogens with zero attached hydrogens (tertiary/aromatic N) is 1. The lowest BCUT2D eigenvalue weighted by atomic mass is 10.0. The zero-order valence-electron chi connectivity index (χ0n) is 15.8. The maximum absolute atomic E-state index is 13.2. The van der Waals surface area contributed by atoms with Crippen molar-refractivity contribution >= 4 is 33.8 Å².